The van der Waals surface area contributed by atoms with Crippen molar-refractivity contribution < 1.29 is 5.11 Å². The first kappa shape index (κ1) is 11.7. The Hall–Kier alpha value is -1.33. The van der Waals surface area contributed by atoms with Gasteiger partial charge in [-0.05, 0) is 43.2 Å². The van der Waals surface area contributed by atoms with E-state index in [9.17, 15) is 10.4 Å². The van der Waals surface area contributed by atoms with Gasteiger partial charge in [0.05, 0.1) is 11.7 Å². The van der Waals surface area contributed by atoms with Crippen LogP contribution in [-0.2, 0) is 11.8 Å². The summed E-state index contributed by atoms with van der Waals surface area (Å²) in [4.78, 5) is 0. The normalized spacial score (nSPS) is 29.6. The van der Waals surface area contributed by atoms with Crippen LogP contribution in [0.1, 0.15) is 49.7 Å². The maximum Gasteiger partial charge on any atom is 0.111 e. The summed E-state index contributed by atoms with van der Waals surface area (Å²) in [5.74, 6) is 0. The van der Waals surface area contributed by atoms with Crippen molar-refractivity contribution >= 4 is 0 Å². The highest BCUT2D eigenvalue weighted by Gasteiger charge is 2.54. The number of nitrogens with zero attached hydrogens (tertiary/aromatic N) is 1. The molecule has 2 aliphatic rings. The van der Waals surface area contributed by atoms with E-state index in [-0.39, 0.29) is 0 Å². The van der Waals surface area contributed by atoms with Gasteiger partial charge < -0.3 is 5.11 Å². The van der Waals surface area contributed by atoms with E-state index >= 15 is 0 Å². The molecule has 2 aliphatic carbocycles. The molecule has 0 radical (unpaired) electrons. The monoisotopic (exact) mass is 241 g/mol. The van der Waals surface area contributed by atoms with Gasteiger partial charge in [-0.3, -0.25) is 0 Å². The highest BCUT2D eigenvalue weighted by molar-refractivity contribution is 5.45. The number of hydrogen-bond acceptors (Lipinski definition) is 2. The van der Waals surface area contributed by atoms with Crippen molar-refractivity contribution in [3.63, 3.8) is 0 Å². The Balaban J connectivity index is 2.16. The summed E-state index contributed by atoms with van der Waals surface area (Å²) in [6.45, 7) is 0. The molecule has 1 unspecified atom stereocenters. The first-order valence-electron chi connectivity index (χ1n) is 6.94. The summed E-state index contributed by atoms with van der Waals surface area (Å²) >= 11 is 0. The van der Waals surface area contributed by atoms with Crippen LogP contribution in [0, 0.1) is 11.3 Å². The van der Waals surface area contributed by atoms with Crippen LogP contribution in [0.2, 0.25) is 0 Å². The molecule has 2 heteroatoms. The van der Waals surface area contributed by atoms with E-state index in [1.807, 2.05) is 18.2 Å². The van der Waals surface area contributed by atoms with E-state index in [2.05, 4.69) is 12.1 Å². The maximum absolute atomic E-state index is 11.0. The lowest BCUT2D eigenvalue weighted by molar-refractivity contribution is -0.0177. The molecule has 18 heavy (non-hydrogen) atoms. The second kappa shape index (κ2) is 4.10. The summed E-state index contributed by atoms with van der Waals surface area (Å²) in [6.07, 6.45) is 6.48. The molecule has 0 amide bonds. The number of benzene rings is 1. The van der Waals surface area contributed by atoms with Crippen LogP contribution in [0.5, 0.6) is 0 Å². The Kier molecular flexibility index (Phi) is 2.68. The third-order valence-electron chi connectivity index (χ3n) is 4.89. The third-order valence-corrected chi connectivity index (χ3v) is 4.89. The third kappa shape index (κ3) is 1.44. The van der Waals surface area contributed by atoms with E-state index in [0.717, 1.165) is 50.5 Å². The average Bonchev–Trinajstić information content (AvgIpc) is 2.86. The molecule has 0 aromatic heterocycles. The Morgan fingerprint density at radius 1 is 1.06 bits per heavy atom. The predicted molar refractivity (Wildman–Crippen MR) is 70.1 cm³/mol. The molecule has 0 heterocycles. The number of aryl methyl sites for hydroxylation is 1. The van der Waals surface area contributed by atoms with Gasteiger partial charge in [0, 0.05) is 0 Å². The van der Waals surface area contributed by atoms with Crippen molar-refractivity contribution in [3.8, 4) is 6.07 Å². The SMILES string of the molecule is N#CC1(C2(O)CCCC2)CCCc2ccccc21. The summed E-state index contributed by atoms with van der Waals surface area (Å²) < 4.78 is 0. The molecule has 3 rings (SSSR count). The van der Waals surface area contributed by atoms with Gasteiger partial charge in [-0.2, -0.15) is 5.26 Å². The molecule has 1 saturated carbocycles. The van der Waals surface area contributed by atoms with Crippen LogP contribution >= 0.6 is 0 Å². The van der Waals surface area contributed by atoms with Crippen LogP contribution in [0.25, 0.3) is 0 Å². The number of aliphatic hydroxyl groups is 1. The molecule has 0 saturated heterocycles. The minimum absolute atomic E-state index is 0.668. The zero-order valence-corrected chi connectivity index (χ0v) is 10.7. The van der Waals surface area contributed by atoms with E-state index in [1.54, 1.807) is 0 Å². The first-order valence-corrected chi connectivity index (χ1v) is 6.94. The molecule has 1 aromatic carbocycles. The molecular formula is C16H19NO. The van der Waals surface area contributed by atoms with Gasteiger partial charge in [-0.1, -0.05) is 37.1 Å². The smallest absolute Gasteiger partial charge is 0.111 e. The van der Waals surface area contributed by atoms with Gasteiger partial charge in [0.1, 0.15) is 5.41 Å². The summed E-state index contributed by atoms with van der Waals surface area (Å²) in [7, 11) is 0. The van der Waals surface area contributed by atoms with Crippen molar-refractivity contribution in [1.82, 2.24) is 0 Å². The van der Waals surface area contributed by atoms with Crippen LogP contribution in [-0.4, -0.2) is 10.7 Å². The van der Waals surface area contributed by atoms with Crippen LogP contribution < -0.4 is 0 Å². The van der Waals surface area contributed by atoms with E-state index in [0.29, 0.717) is 0 Å². The lowest BCUT2D eigenvalue weighted by Gasteiger charge is -2.44. The number of rotatable bonds is 1. The van der Waals surface area contributed by atoms with E-state index < -0.39 is 11.0 Å². The highest BCUT2D eigenvalue weighted by Crippen LogP contribution is 2.51. The minimum Gasteiger partial charge on any atom is -0.388 e. The summed E-state index contributed by atoms with van der Waals surface area (Å²) in [6, 6.07) is 10.7. The second-order valence-corrected chi connectivity index (χ2v) is 5.77. The fraction of sp³-hybridized carbons (Fsp3) is 0.562. The van der Waals surface area contributed by atoms with Crippen LogP contribution in [0.4, 0.5) is 0 Å². The van der Waals surface area contributed by atoms with Crippen molar-refractivity contribution in [2.45, 2.75) is 56.0 Å². The van der Waals surface area contributed by atoms with Crippen LogP contribution in [0.3, 0.4) is 0 Å². The maximum atomic E-state index is 11.0. The van der Waals surface area contributed by atoms with Gasteiger partial charge in [0.2, 0.25) is 0 Å². The molecule has 94 valence electrons. The van der Waals surface area contributed by atoms with Crippen molar-refractivity contribution in [1.29, 1.82) is 5.26 Å². The van der Waals surface area contributed by atoms with Crippen molar-refractivity contribution in [2.75, 3.05) is 0 Å². The quantitative estimate of drug-likeness (QED) is 0.821. The second-order valence-electron chi connectivity index (χ2n) is 5.77. The molecule has 2 nitrogen and oxygen atoms in total. The molecule has 1 atom stereocenters. The van der Waals surface area contributed by atoms with Crippen molar-refractivity contribution in [3.05, 3.63) is 35.4 Å². The molecule has 1 fully saturated rings. The van der Waals surface area contributed by atoms with Crippen LogP contribution in [0.15, 0.2) is 24.3 Å². The standard InChI is InChI=1S/C16H19NO/c17-12-15(16(18)10-3-4-11-16)9-5-7-13-6-1-2-8-14(13)15/h1-2,6,8,18H,3-5,7,9-11H2. The fourth-order valence-corrected chi connectivity index (χ4v) is 3.92. The lowest BCUT2D eigenvalue weighted by atomic mass is 9.60. The van der Waals surface area contributed by atoms with Gasteiger partial charge in [-0.15, -0.1) is 0 Å². The molecule has 0 aliphatic heterocycles. The largest absolute Gasteiger partial charge is 0.388 e. The Morgan fingerprint density at radius 2 is 1.78 bits per heavy atom. The molecule has 0 spiro atoms. The van der Waals surface area contributed by atoms with Gasteiger partial charge >= 0.3 is 0 Å². The average molecular weight is 241 g/mol. The van der Waals surface area contributed by atoms with E-state index in [1.165, 1.54) is 5.56 Å². The lowest BCUT2D eigenvalue weighted by Crippen LogP contribution is -2.50. The van der Waals surface area contributed by atoms with E-state index in [4.69, 9.17) is 0 Å². The van der Waals surface area contributed by atoms with Gasteiger partial charge in [0.25, 0.3) is 0 Å². The zero-order valence-electron chi connectivity index (χ0n) is 10.7. The summed E-state index contributed by atoms with van der Waals surface area (Å²) in [5.41, 5.74) is 0.866. The first-order chi connectivity index (χ1) is 8.72. The molecular weight excluding hydrogens is 222 g/mol. The number of nitriles is 1. The Labute approximate surface area is 108 Å². The molecule has 1 N–H and O–H groups in total. The topological polar surface area (TPSA) is 44.0 Å². The molecule has 1 aromatic rings. The number of hydrogen-bond donors (Lipinski definition) is 1. The highest BCUT2D eigenvalue weighted by atomic mass is 16.3. The Bertz CT molecular complexity index is 496. The fourth-order valence-electron chi connectivity index (χ4n) is 3.92. The van der Waals surface area contributed by atoms with Crippen molar-refractivity contribution in [2.24, 2.45) is 0 Å². The minimum atomic E-state index is -0.807. The predicted octanol–water partition coefficient (Wildman–Crippen LogP) is 3.09. The zero-order chi connectivity index (χ0) is 12.6. The Morgan fingerprint density at radius 3 is 2.50 bits per heavy atom. The van der Waals surface area contributed by atoms with Gasteiger partial charge in [0.15, 0.2) is 0 Å². The molecule has 0 bridgehead atoms. The summed E-state index contributed by atoms with van der Waals surface area (Å²) in [5, 5.41) is 20.8. The van der Waals surface area contributed by atoms with Gasteiger partial charge in [-0.25, -0.2) is 0 Å². The number of fused-ring (bicyclic) bond motifs is 1.